The zero-order chi connectivity index (χ0) is 22.4. The Morgan fingerprint density at radius 3 is 2.81 bits per heavy atom. The predicted octanol–water partition coefficient (Wildman–Crippen LogP) is 4.14. The average Bonchev–Trinajstić information content (AvgIpc) is 3.13. The van der Waals surface area contributed by atoms with Crippen LogP contribution in [0.25, 0.3) is 12.2 Å². The summed E-state index contributed by atoms with van der Waals surface area (Å²) < 4.78 is 16.0. The summed E-state index contributed by atoms with van der Waals surface area (Å²) in [4.78, 5) is 22.9. The number of amides is 1. The van der Waals surface area contributed by atoms with Crippen LogP contribution in [0.4, 0.5) is 5.69 Å². The summed E-state index contributed by atoms with van der Waals surface area (Å²) in [7, 11) is 1.50. The normalized spacial score (nSPS) is 18.7. The van der Waals surface area contributed by atoms with E-state index in [9.17, 15) is 14.9 Å². The second-order valence-corrected chi connectivity index (χ2v) is 7.71. The number of aryl methyl sites for hydroxylation is 1. The van der Waals surface area contributed by atoms with Gasteiger partial charge >= 0.3 is 5.69 Å². The van der Waals surface area contributed by atoms with Crippen LogP contribution in [0.15, 0.2) is 22.7 Å². The number of nitrogens with zero attached hydrogens (tertiary/aromatic N) is 2. The van der Waals surface area contributed by atoms with Crippen LogP contribution in [0.5, 0.6) is 11.5 Å². The molecule has 1 N–H and O–H groups in total. The summed E-state index contributed by atoms with van der Waals surface area (Å²) in [5.41, 5.74) is 0.765. The fourth-order valence-electron chi connectivity index (χ4n) is 3.72. The van der Waals surface area contributed by atoms with E-state index in [1.54, 1.807) is 24.3 Å². The van der Waals surface area contributed by atoms with Crippen LogP contribution in [0, 0.1) is 23.0 Å². The molecule has 1 aliphatic carbocycles. The van der Waals surface area contributed by atoms with E-state index in [1.165, 1.54) is 26.5 Å². The highest BCUT2D eigenvalue weighted by molar-refractivity contribution is 5.78. The molecule has 31 heavy (non-hydrogen) atoms. The number of nitro groups is 1. The van der Waals surface area contributed by atoms with Crippen LogP contribution < -0.4 is 14.8 Å². The third-order valence-corrected chi connectivity index (χ3v) is 5.47. The molecule has 3 rings (SSSR count). The Hall–Kier alpha value is -3.36. The van der Waals surface area contributed by atoms with Crippen molar-refractivity contribution < 1.29 is 23.7 Å². The fraction of sp³-hybridized carbons (Fsp3) is 0.455. The van der Waals surface area contributed by atoms with E-state index in [4.69, 9.17) is 14.0 Å². The van der Waals surface area contributed by atoms with Crippen molar-refractivity contribution in [1.29, 1.82) is 0 Å². The van der Waals surface area contributed by atoms with Crippen molar-refractivity contribution in [2.45, 2.75) is 45.6 Å². The van der Waals surface area contributed by atoms with E-state index in [0.717, 1.165) is 19.3 Å². The molecule has 0 aliphatic heterocycles. The van der Waals surface area contributed by atoms with Gasteiger partial charge < -0.3 is 19.3 Å². The molecule has 1 aliphatic rings. The first-order valence-electron chi connectivity index (χ1n) is 10.3. The molecule has 1 amide bonds. The number of ether oxygens (including phenoxy) is 2. The predicted molar refractivity (Wildman–Crippen MR) is 115 cm³/mol. The van der Waals surface area contributed by atoms with Crippen molar-refractivity contribution in [2.24, 2.45) is 5.92 Å². The Balaban J connectivity index is 1.63. The van der Waals surface area contributed by atoms with Crippen molar-refractivity contribution in [3.63, 3.8) is 0 Å². The number of hydrogen-bond donors (Lipinski definition) is 1. The average molecular weight is 429 g/mol. The molecule has 0 bridgehead atoms. The van der Waals surface area contributed by atoms with Gasteiger partial charge in [-0.2, -0.15) is 0 Å². The van der Waals surface area contributed by atoms with Crippen molar-refractivity contribution in [3.05, 3.63) is 45.3 Å². The number of methoxy groups -OCH3 is 1. The third kappa shape index (κ3) is 5.62. The molecule has 9 heteroatoms. The highest BCUT2D eigenvalue weighted by Crippen LogP contribution is 2.30. The van der Waals surface area contributed by atoms with Gasteiger partial charge in [-0.3, -0.25) is 14.9 Å². The number of aromatic nitrogens is 1. The standard InChI is InChI=1S/C22H27N3O6/c1-14-6-4-5-7-17(14)23-21(26)13-30-18-10-8-16(12-20(18)29-3)9-11-19-22(25(27)28)15(2)24-31-19/h8-12,14,17H,4-7,13H2,1-3H3,(H,23,26)/b11-9+/t14-,17+/m1/s1. The zero-order valence-electron chi connectivity index (χ0n) is 17.9. The monoisotopic (exact) mass is 429 g/mol. The first-order chi connectivity index (χ1) is 14.9. The maximum atomic E-state index is 12.3. The number of nitrogens with one attached hydrogen (secondary N) is 1. The summed E-state index contributed by atoms with van der Waals surface area (Å²) in [6, 6.07) is 5.35. The molecule has 166 valence electrons. The third-order valence-electron chi connectivity index (χ3n) is 5.47. The van der Waals surface area contributed by atoms with Crippen molar-refractivity contribution in [1.82, 2.24) is 10.5 Å². The van der Waals surface area contributed by atoms with Gasteiger partial charge in [0.15, 0.2) is 23.8 Å². The number of hydrogen-bond acceptors (Lipinski definition) is 7. The van der Waals surface area contributed by atoms with Crippen molar-refractivity contribution in [2.75, 3.05) is 13.7 Å². The molecule has 1 aromatic carbocycles. The lowest BCUT2D eigenvalue weighted by molar-refractivity contribution is -0.386. The molecule has 1 aromatic heterocycles. The van der Waals surface area contributed by atoms with E-state index < -0.39 is 4.92 Å². The lowest BCUT2D eigenvalue weighted by atomic mass is 9.86. The lowest BCUT2D eigenvalue weighted by Crippen LogP contribution is -2.43. The molecular weight excluding hydrogens is 402 g/mol. The second kappa shape index (κ2) is 10.1. The molecular formula is C22H27N3O6. The van der Waals surface area contributed by atoms with Gasteiger partial charge in [0.25, 0.3) is 5.91 Å². The van der Waals surface area contributed by atoms with Crippen LogP contribution in [-0.4, -0.2) is 35.7 Å². The Morgan fingerprint density at radius 1 is 1.32 bits per heavy atom. The summed E-state index contributed by atoms with van der Waals surface area (Å²) in [5.74, 6) is 1.27. The van der Waals surface area contributed by atoms with Crippen molar-refractivity contribution >= 4 is 23.7 Å². The highest BCUT2D eigenvalue weighted by Gasteiger charge is 2.23. The minimum absolute atomic E-state index is 0.0652. The van der Waals surface area contributed by atoms with Gasteiger partial charge in [0, 0.05) is 6.04 Å². The van der Waals surface area contributed by atoms with E-state index in [0.29, 0.717) is 23.0 Å². The molecule has 1 fully saturated rings. The topological polar surface area (TPSA) is 117 Å². The largest absolute Gasteiger partial charge is 0.493 e. The van der Waals surface area contributed by atoms with Crippen molar-refractivity contribution in [3.8, 4) is 11.5 Å². The minimum atomic E-state index is -0.526. The SMILES string of the molecule is COc1cc(/C=C/c2onc(C)c2[N+](=O)[O-])ccc1OCC(=O)N[C@H]1CCCC[C@H]1C. The van der Waals surface area contributed by atoms with Gasteiger partial charge in [-0.05, 0) is 49.5 Å². The van der Waals surface area contributed by atoms with E-state index in [-0.39, 0.29) is 35.7 Å². The fourth-order valence-corrected chi connectivity index (χ4v) is 3.72. The van der Waals surface area contributed by atoms with Crippen LogP contribution in [0.3, 0.4) is 0 Å². The van der Waals surface area contributed by atoms with Crippen LogP contribution in [0.1, 0.15) is 49.6 Å². The second-order valence-electron chi connectivity index (χ2n) is 7.71. The summed E-state index contributed by atoms with van der Waals surface area (Å²) in [5, 5.41) is 17.8. The van der Waals surface area contributed by atoms with Gasteiger partial charge in [0.2, 0.25) is 5.76 Å². The lowest BCUT2D eigenvalue weighted by Gasteiger charge is -2.29. The molecule has 1 saturated carbocycles. The van der Waals surface area contributed by atoms with Crippen LogP contribution in [0.2, 0.25) is 0 Å². The van der Waals surface area contributed by atoms with Crippen LogP contribution in [-0.2, 0) is 4.79 Å². The molecule has 0 unspecified atom stereocenters. The van der Waals surface area contributed by atoms with E-state index in [1.807, 2.05) is 0 Å². The Bertz CT molecular complexity index is 968. The van der Waals surface area contributed by atoms with Gasteiger partial charge in [-0.1, -0.05) is 37.1 Å². The first-order valence-corrected chi connectivity index (χ1v) is 10.3. The minimum Gasteiger partial charge on any atom is -0.493 e. The first kappa shape index (κ1) is 22.3. The van der Waals surface area contributed by atoms with Gasteiger partial charge in [-0.25, -0.2) is 0 Å². The Morgan fingerprint density at radius 2 is 2.10 bits per heavy atom. The maximum absolute atomic E-state index is 12.3. The molecule has 2 aromatic rings. The number of carbonyl (C=O) groups is 1. The molecule has 2 atom stereocenters. The zero-order valence-corrected chi connectivity index (χ0v) is 17.9. The van der Waals surface area contributed by atoms with Gasteiger partial charge in [-0.15, -0.1) is 0 Å². The smallest absolute Gasteiger partial charge is 0.338 e. The number of rotatable bonds is 8. The maximum Gasteiger partial charge on any atom is 0.338 e. The summed E-state index contributed by atoms with van der Waals surface area (Å²) in [6.45, 7) is 3.58. The molecule has 9 nitrogen and oxygen atoms in total. The quantitative estimate of drug-likeness (QED) is 0.495. The van der Waals surface area contributed by atoms with E-state index >= 15 is 0 Å². The Labute approximate surface area is 180 Å². The molecule has 0 saturated heterocycles. The molecule has 0 spiro atoms. The Kier molecular flexibility index (Phi) is 7.28. The molecule has 1 heterocycles. The van der Waals surface area contributed by atoms with Gasteiger partial charge in [0.05, 0.1) is 12.0 Å². The number of benzene rings is 1. The highest BCUT2D eigenvalue weighted by atomic mass is 16.6. The van der Waals surface area contributed by atoms with Gasteiger partial charge in [0.1, 0.15) is 0 Å². The number of carbonyl (C=O) groups excluding carboxylic acids is 1. The summed E-state index contributed by atoms with van der Waals surface area (Å²) >= 11 is 0. The van der Waals surface area contributed by atoms with E-state index in [2.05, 4.69) is 17.4 Å². The summed E-state index contributed by atoms with van der Waals surface area (Å²) in [6.07, 6.45) is 7.61. The molecule has 0 radical (unpaired) electrons. The van der Waals surface area contributed by atoms with Crippen LogP contribution >= 0.6 is 0 Å².